The van der Waals surface area contributed by atoms with Crippen molar-refractivity contribution in [1.29, 1.82) is 5.26 Å². The number of nitriles is 1. The number of nitrogens with zero attached hydrogens (tertiary/aromatic N) is 3. The fourth-order valence-electron chi connectivity index (χ4n) is 3.34. The van der Waals surface area contributed by atoms with Crippen LogP contribution in [0, 0.1) is 11.3 Å². The van der Waals surface area contributed by atoms with Crippen LogP contribution in [0.4, 0.5) is 5.69 Å². The third kappa shape index (κ3) is 5.55. The van der Waals surface area contributed by atoms with Gasteiger partial charge >= 0.3 is 0 Å². The van der Waals surface area contributed by atoms with Crippen molar-refractivity contribution in [1.82, 2.24) is 10.2 Å². The van der Waals surface area contributed by atoms with E-state index in [1.54, 1.807) is 19.0 Å². The van der Waals surface area contributed by atoms with Crippen molar-refractivity contribution in [2.45, 2.75) is 23.8 Å². The van der Waals surface area contributed by atoms with Crippen LogP contribution in [0.3, 0.4) is 0 Å². The monoisotopic (exact) mass is 422 g/mol. The lowest BCUT2D eigenvalue weighted by Gasteiger charge is -2.34. The lowest BCUT2D eigenvalue weighted by molar-refractivity contribution is -0.125. The molecule has 0 radical (unpaired) electrons. The molecule has 7 heteroatoms. The van der Waals surface area contributed by atoms with Crippen molar-refractivity contribution >= 4 is 29.3 Å². The zero-order chi connectivity index (χ0) is 21.5. The highest BCUT2D eigenvalue weighted by Gasteiger charge is 2.22. The third-order valence-electron chi connectivity index (χ3n) is 5.17. The molecule has 2 aromatic rings. The number of thioether (sulfide) groups is 1. The summed E-state index contributed by atoms with van der Waals surface area (Å²) in [6.45, 7) is 1.70. The number of benzene rings is 2. The molecule has 1 aliphatic rings. The second-order valence-corrected chi connectivity index (χ2v) is 8.48. The summed E-state index contributed by atoms with van der Waals surface area (Å²) in [5.74, 6) is 0.234. The van der Waals surface area contributed by atoms with E-state index in [4.69, 9.17) is 5.26 Å². The number of carbonyl (C=O) groups excluding carboxylic acids is 2. The Morgan fingerprint density at radius 3 is 2.43 bits per heavy atom. The molecule has 6 nitrogen and oxygen atoms in total. The molecule has 0 bridgehead atoms. The summed E-state index contributed by atoms with van der Waals surface area (Å²) in [5, 5.41) is 12.1. The summed E-state index contributed by atoms with van der Waals surface area (Å²) < 4.78 is 0. The lowest BCUT2D eigenvalue weighted by Crippen LogP contribution is -2.44. The first-order chi connectivity index (χ1) is 14.5. The van der Waals surface area contributed by atoms with Crippen LogP contribution in [0.2, 0.25) is 0 Å². The van der Waals surface area contributed by atoms with Crippen LogP contribution >= 0.6 is 11.8 Å². The Labute approximate surface area is 181 Å². The highest BCUT2D eigenvalue weighted by Crippen LogP contribution is 2.24. The standard InChI is InChI=1S/C23H26N4O2S/c1-26(2)22(28)16-30-21-6-4-3-5-20(21)23(29)25-18-11-13-27(14-12-18)19-9-7-17(15-24)8-10-19/h3-10,18H,11-14,16H2,1-2H3,(H,25,29). The van der Waals surface area contributed by atoms with Gasteiger partial charge in [0, 0.05) is 43.8 Å². The molecular formula is C23H26N4O2S. The maximum Gasteiger partial charge on any atom is 0.252 e. The van der Waals surface area contributed by atoms with Crippen molar-refractivity contribution in [2.75, 3.05) is 37.8 Å². The molecule has 0 aliphatic carbocycles. The topological polar surface area (TPSA) is 76.4 Å². The van der Waals surface area contributed by atoms with Gasteiger partial charge in [0.15, 0.2) is 0 Å². The zero-order valence-corrected chi connectivity index (χ0v) is 18.1. The molecule has 0 aromatic heterocycles. The van der Waals surface area contributed by atoms with Crippen LogP contribution < -0.4 is 10.2 Å². The van der Waals surface area contributed by atoms with E-state index in [-0.39, 0.29) is 17.9 Å². The number of hydrogen-bond donors (Lipinski definition) is 1. The molecule has 2 aromatic carbocycles. The largest absolute Gasteiger partial charge is 0.371 e. The fourth-order valence-corrected chi connectivity index (χ4v) is 4.37. The number of hydrogen-bond acceptors (Lipinski definition) is 5. The van der Waals surface area contributed by atoms with E-state index >= 15 is 0 Å². The molecule has 1 aliphatic heterocycles. The molecule has 3 rings (SSSR count). The molecule has 156 valence electrons. The number of anilines is 1. The van der Waals surface area contributed by atoms with Crippen molar-refractivity contribution in [3.8, 4) is 6.07 Å². The van der Waals surface area contributed by atoms with Gasteiger partial charge in [0.05, 0.1) is 22.9 Å². The maximum absolute atomic E-state index is 12.9. The number of nitrogens with one attached hydrogen (secondary N) is 1. The molecule has 0 atom stereocenters. The summed E-state index contributed by atoms with van der Waals surface area (Å²) in [6, 6.07) is 17.3. The second kappa shape index (κ2) is 10.2. The van der Waals surface area contributed by atoms with Gasteiger partial charge in [-0.2, -0.15) is 5.26 Å². The lowest BCUT2D eigenvalue weighted by atomic mass is 10.0. The van der Waals surface area contributed by atoms with E-state index in [0.717, 1.165) is 36.5 Å². The van der Waals surface area contributed by atoms with E-state index in [1.165, 1.54) is 11.8 Å². The minimum atomic E-state index is -0.0905. The Bertz CT molecular complexity index is 929. The molecule has 30 heavy (non-hydrogen) atoms. The average molecular weight is 423 g/mol. The molecule has 0 spiro atoms. The molecule has 2 amide bonds. The second-order valence-electron chi connectivity index (χ2n) is 7.47. The van der Waals surface area contributed by atoms with Crippen molar-refractivity contribution in [3.05, 3.63) is 59.7 Å². The third-order valence-corrected chi connectivity index (χ3v) is 6.23. The van der Waals surface area contributed by atoms with Crippen molar-refractivity contribution < 1.29 is 9.59 Å². The Morgan fingerprint density at radius 1 is 1.13 bits per heavy atom. The van der Waals surface area contributed by atoms with E-state index in [9.17, 15) is 9.59 Å². The van der Waals surface area contributed by atoms with Crippen LogP contribution in [-0.4, -0.2) is 55.7 Å². The Morgan fingerprint density at radius 2 is 1.80 bits per heavy atom. The van der Waals surface area contributed by atoms with Crippen LogP contribution in [-0.2, 0) is 4.79 Å². The Balaban J connectivity index is 1.56. The average Bonchev–Trinajstić information content (AvgIpc) is 2.78. The predicted octanol–water partition coefficient (Wildman–Crippen LogP) is 3.14. The first-order valence-corrected chi connectivity index (χ1v) is 10.9. The van der Waals surface area contributed by atoms with Gasteiger partial charge in [-0.15, -0.1) is 11.8 Å². The molecule has 1 saturated heterocycles. The summed E-state index contributed by atoms with van der Waals surface area (Å²) in [7, 11) is 3.46. The van der Waals surface area contributed by atoms with Gasteiger partial charge in [0.1, 0.15) is 0 Å². The highest BCUT2D eigenvalue weighted by atomic mass is 32.2. The molecule has 1 fully saturated rings. The van der Waals surface area contributed by atoms with Crippen molar-refractivity contribution in [3.63, 3.8) is 0 Å². The van der Waals surface area contributed by atoms with Gasteiger partial charge in [-0.25, -0.2) is 0 Å². The van der Waals surface area contributed by atoms with E-state index < -0.39 is 0 Å². The quantitative estimate of drug-likeness (QED) is 0.724. The number of amides is 2. The first-order valence-electron chi connectivity index (χ1n) is 9.96. The molecule has 1 heterocycles. The first kappa shape index (κ1) is 21.7. The van der Waals surface area contributed by atoms with Crippen LogP contribution in [0.15, 0.2) is 53.4 Å². The summed E-state index contributed by atoms with van der Waals surface area (Å²) in [4.78, 5) is 29.4. The molecule has 1 N–H and O–H groups in total. The zero-order valence-electron chi connectivity index (χ0n) is 17.3. The summed E-state index contributed by atoms with van der Waals surface area (Å²) in [5.41, 5.74) is 2.37. The van der Waals surface area contributed by atoms with E-state index in [1.807, 2.05) is 48.5 Å². The SMILES string of the molecule is CN(C)C(=O)CSc1ccccc1C(=O)NC1CCN(c2ccc(C#N)cc2)CC1. The Hall–Kier alpha value is -2.98. The number of rotatable bonds is 6. The summed E-state index contributed by atoms with van der Waals surface area (Å²) >= 11 is 1.39. The van der Waals surface area contributed by atoms with Crippen LogP contribution in [0.25, 0.3) is 0 Å². The number of piperidine rings is 1. The van der Waals surface area contributed by atoms with E-state index in [2.05, 4.69) is 16.3 Å². The molecule has 0 unspecified atom stereocenters. The van der Waals surface area contributed by atoms with Gasteiger partial charge < -0.3 is 15.1 Å². The van der Waals surface area contributed by atoms with Gasteiger partial charge in [0.25, 0.3) is 5.91 Å². The van der Waals surface area contributed by atoms with E-state index in [0.29, 0.717) is 16.9 Å². The number of carbonyl (C=O) groups is 2. The minimum Gasteiger partial charge on any atom is -0.371 e. The van der Waals surface area contributed by atoms with Gasteiger partial charge in [-0.1, -0.05) is 12.1 Å². The minimum absolute atomic E-state index is 0.0189. The van der Waals surface area contributed by atoms with Gasteiger partial charge in [0.2, 0.25) is 5.91 Å². The van der Waals surface area contributed by atoms with Gasteiger partial charge in [-0.3, -0.25) is 9.59 Å². The Kier molecular flexibility index (Phi) is 7.36. The van der Waals surface area contributed by atoms with Crippen LogP contribution in [0.1, 0.15) is 28.8 Å². The molecule has 0 saturated carbocycles. The highest BCUT2D eigenvalue weighted by molar-refractivity contribution is 8.00. The smallest absolute Gasteiger partial charge is 0.252 e. The fraction of sp³-hybridized carbons (Fsp3) is 0.348. The van der Waals surface area contributed by atoms with Crippen LogP contribution in [0.5, 0.6) is 0 Å². The normalized spacial score (nSPS) is 14.1. The predicted molar refractivity (Wildman–Crippen MR) is 120 cm³/mol. The van der Waals surface area contributed by atoms with Gasteiger partial charge in [-0.05, 0) is 49.2 Å². The summed E-state index contributed by atoms with van der Waals surface area (Å²) in [6.07, 6.45) is 1.72. The van der Waals surface area contributed by atoms with Crippen molar-refractivity contribution in [2.24, 2.45) is 0 Å². The maximum atomic E-state index is 12.9. The molecular weight excluding hydrogens is 396 g/mol.